The van der Waals surface area contributed by atoms with Gasteiger partial charge in [0.15, 0.2) is 6.10 Å². The summed E-state index contributed by atoms with van der Waals surface area (Å²) < 4.78 is 6.21. The first kappa shape index (κ1) is 19.3. The molecule has 0 unspecified atom stereocenters. The van der Waals surface area contributed by atoms with E-state index >= 15 is 0 Å². The van der Waals surface area contributed by atoms with Crippen molar-refractivity contribution in [2.75, 3.05) is 5.32 Å². The monoisotopic (exact) mass is 395 g/mol. The molecule has 0 saturated heterocycles. The van der Waals surface area contributed by atoms with Crippen molar-refractivity contribution in [2.45, 2.75) is 12.5 Å². The van der Waals surface area contributed by atoms with E-state index in [0.717, 1.165) is 16.7 Å². The number of anilines is 1. The Bertz CT molecular complexity index is 1030. The van der Waals surface area contributed by atoms with Gasteiger partial charge >= 0.3 is 0 Å². The molecule has 5 nitrogen and oxygen atoms in total. The van der Waals surface area contributed by atoms with Crippen LogP contribution in [0.3, 0.4) is 0 Å². The van der Waals surface area contributed by atoms with Crippen LogP contribution in [0.1, 0.15) is 22.8 Å². The van der Waals surface area contributed by atoms with E-state index in [2.05, 4.69) is 15.3 Å². The highest BCUT2D eigenvalue weighted by molar-refractivity contribution is 5.92. The third-order valence-electron chi connectivity index (χ3n) is 4.58. The van der Waals surface area contributed by atoms with Crippen LogP contribution < -0.4 is 10.1 Å². The van der Waals surface area contributed by atoms with Crippen molar-refractivity contribution in [3.05, 3.63) is 120 Å². The van der Waals surface area contributed by atoms with Crippen molar-refractivity contribution in [3.8, 4) is 5.88 Å². The lowest BCUT2D eigenvalue weighted by Gasteiger charge is -2.19. The maximum absolute atomic E-state index is 12.2. The van der Waals surface area contributed by atoms with Crippen molar-refractivity contribution >= 4 is 11.6 Å². The van der Waals surface area contributed by atoms with E-state index in [1.807, 2.05) is 72.8 Å². The standard InChI is InChI=1S/C25H21N3O2/c29-23(17-19-13-15-26-16-14-19)28-22-11-12-24(27-18-22)30-25(20-7-3-1-4-8-20)21-9-5-2-6-10-21/h1-16,18,25H,17H2,(H,28,29). The molecule has 0 bridgehead atoms. The number of pyridine rings is 2. The van der Waals surface area contributed by atoms with Gasteiger partial charge in [0.25, 0.3) is 0 Å². The molecule has 0 radical (unpaired) electrons. The van der Waals surface area contributed by atoms with Gasteiger partial charge in [0.05, 0.1) is 18.3 Å². The van der Waals surface area contributed by atoms with Crippen LogP contribution in [0.25, 0.3) is 0 Å². The molecule has 4 rings (SSSR count). The summed E-state index contributed by atoms with van der Waals surface area (Å²) in [5, 5.41) is 2.86. The third kappa shape index (κ3) is 5.08. The zero-order valence-electron chi connectivity index (χ0n) is 16.3. The largest absolute Gasteiger partial charge is 0.465 e. The SMILES string of the molecule is O=C(Cc1ccncc1)Nc1ccc(OC(c2ccccc2)c2ccccc2)nc1. The molecular formula is C25H21N3O2. The van der Waals surface area contributed by atoms with E-state index in [-0.39, 0.29) is 18.4 Å². The average molecular weight is 395 g/mol. The van der Waals surface area contributed by atoms with Crippen LogP contribution in [-0.2, 0) is 11.2 Å². The van der Waals surface area contributed by atoms with Gasteiger partial charge in [-0.1, -0.05) is 60.7 Å². The van der Waals surface area contributed by atoms with Crippen LogP contribution in [0, 0.1) is 0 Å². The summed E-state index contributed by atoms with van der Waals surface area (Å²) in [7, 11) is 0. The summed E-state index contributed by atoms with van der Waals surface area (Å²) in [6.07, 6.45) is 4.96. The second-order valence-electron chi connectivity index (χ2n) is 6.78. The highest BCUT2D eigenvalue weighted by Gasteiger charge is 2.16. The minimum Gasteiger partial charge on any atom is -0.465 e. The molecule has 30 heavy (non-hydrogen) atoms. The molecule has 1 amide bonds. The first-order valence-electron chi connectivity index (χ1n) is 9.69. The predicted molar refractivity (Wildman–Crippen MR) is 116 cm³/mol. The Morgan fingerprint density at radius 3 is 2.03 bits per heavy atom. The number of benzene rings is 2. The molecule has 2 aromatic carbocycles. The lowest BCUT2D eigenvalue weighted by Crippen LogP contribution is -2.15. The second-order valence-corrected chi connectivity index (χ2v) is 6.78. The van der Waals surface area contributed by atoms with E-state index in [1.54, 1.807) is 30.7 Å². The van der Waals surface area contributed by atoms with Crippen LogP contribution in [-0.4, -0.2) is 15.9 Å². The Hall–Kier alpha value is -3.99. The molecule has 0 aliphatic carbocycles. The Kier molecular flexibility index (Phi) is 6.11. The molecule has 0 fully saturated rings. The Morgan fingerprint density at radius 2 is 1.47 bits per heavy atom. The third-order valence-corrected chi connectivity index (χ3v) is 4.58. The maximum Gasteiger partial charge on any atom is 0.228 e. The molecular weight excluding hydrogens is 374 g/mol. The Labute approximate surface area is 175 Å². The van der Waals surface area contributed by atoms with Crippen molar-refractivity contribution in [3.63, 3.8) is 0 Å². The van der Waals surface area contributed by atoms with Crippen LogP contribution in [0.2, 0.25) is 0 Å². The smallest absolute Gasteiger partial charge is 0.228 e. The fraction of sp³-hybridized carbons (Fsp3) is 0.0800. The Morgan fingerprint density at radius 1 is 0.833 bits per heavy atom. The van der Waals surface area contributed by atoms with E-state index in [9.17, 15) is 4.79 Å². The van der Waals surface area contributed by atoms with Crippen molar-refractivity contribution in [1.82, 2.24) is 9.97 Å². The van der Waals surface area contributed by atoms with Crippen molar-refractivity contribution in [1.29, 1.82) is 0 Å². The number of ether oxygens (including phenoxy) is 1. The Balaban J connectivity index is 1.45. The summed E-state index contributed by atoms with van der Waals surface area (Å²) in [4.78, 5) is 20.6. The summed E-state index contributed by atoms with van der Waals surface area (Å²) >= 11 is 0. The number of amides is 1. The first-order chi connectivity index (χ1) is 14.8. The fourth-order valence-electron chi connectivity index (χ4n) is 3.12. The lowest BCUT2D eigenvalue weighted by molar-refractivity contribution is -0.115. The number of hydrogen-bond acceptors (Lipinski definition) is 4. The second kappa shape index (κ2) is 9.47. The number of nitrogens with one attached hydrogen (secondary N) is 1. The molecule has 4 aromatic rings. The fourth-order valence-corrected chi connectivity index (χ4v) is 3.12. The molecule has 2 aromatic heterocycles. The van der Waals surface area contributed by atoms with E-state index in [4.69, 9.17) is 4.74 Å². The van der Waals surface area contributed by atoms with Crippen LogP contribution >= 0.6 is 0 Å². The zero-order valence-corrected chi connectivity index (χ0v) is 16.3. The molecule has 0 spiro atoms. The van der Waals surface area contributed by atoms with Gasteiger partial charge in [-0.25, -0.2) is 4.98 Å². The molecule has 5 heteroatoms. The van der Waals surface area contributed by atoms with Gasteiger partial charge in [0.1, 0.15) is 0 Å². The molecule has 2 heterocycles. The van der Waals surface area contributed by atoms with E-state index in [0.29, 0.717) is 11.6 Å². The van der Waals surface area contributed by atoms with Gasteiger partial charge in [-0.2, -0.15) is 0 Å². The summed E-state index contributed by atoms with van der Waals surface area (Å²) in [5.41, 5.74) is 3.61. The highest BCUT2D eigenvalue weighted by Crippen LogP contribution is 2.27. The van der Waals surface area contributed by atoms with Gasteiger partial charge in [-0.05, 0) is 34.9 Å². The summed E-state index contributed by atoms with van der Waals surface area (Å²) in [6.45, 7) is 0. The van der Waals surface area contributed by atoms with Crippen molar-refractivity contribution in [2.24, 2.45) is 0 Å². The zero-order chi connectivity index (χ0) is 20.6. The molecule has 0 atom stereocenters. The quantitative estimate of drug-likeness (QED) is 0.487. The highest BCUT2D eigenvalue weighted by atomic mass is 16.5. The number of rotatable bonds is 7. The molecule has 148 valence electrons. The van der Waals surface area contributed by atoms with Gasteiger partial charge < -0.3 is 10.1 Å². The molecule has 0 saturated carbocycles. The van der Waals surface area contributed by atoms with Crippen LogP contribution in [0.5, 0.6) is 5.88 Å². The van der Waals surface area contributed by atoms with Gasteiger partial charge in [0.2, 0.25) is 11.8 Å². The first-order valence-corrected chi connectivity index (χ1v) is 9.69. The number of nitrogens with zero attached hydrogens (tertiary/aromatic N) is 2. The summed E-state index contributed by atoms with van der Waals surface area (Å²) in [6, 6.07) is 27.2. The predicted octanol–water partition coefficient (Wildman–Crippen LogP) is 4.83. The molecule has 0 aliphatic heterocycles. The topological polar surface area (TPSA) is 64.1 Å². The minimum absolute atomic E-state index is 0.108. The minimum atomic E-state index is -0.271. The number of carbonyl (C=O) groups is 1. The van der Waals surface area contributed by atoms with Gasteiger partial charge in [-0.15, -0.1) is 0 Å². The van der Waals surface area contributed by atoms with Crippen LogP contribution in [0.15, 0.2) is 104 Å². The summed E-state index contributed by atoms with van der Waals surface area (Å²) in [5.74, 6) is 0.378. The number of hydrogen-bond donors (Lipinski definition) is 1. The maximum atomic E-state index is 12.2. The van der Waals surface area contributed by atoms with E-state index in [1.165, 1.54) is 0 Å². The number of aromatic nitrogens is 2. The van der Waals surface area contributed by atoms with Gasteiger partial charge in [-0.3, -0.25) is 9.78 Å². The lowest BCUT2D eigenvalue weighted by atomic mass is 10.0. The average Bonchev–Trinajstić information content (AvgIpc) is 2.80. The van der Waals surface area contributed by atoms with Gasteiger partial charge in [0, 0.05) is 18.5 Å². The van der Waals surface area contributed by atoms with Crippen molar-refractivity contribution < 1.29 is 9.53 Å². The normalized spacial score (nSPS) is 10.6. The molecule has 0 aliphatic rings. The number of carbonyl (C=O) groups excluding carboxylic acids is 1. The van der Waals surface area contributed by atoms with E-state index < -0.39 is 0 Å². The molecule has 1 N–H and O–H groups in total. The van der Waals surface area contributed by atoms with Crippen LogP contribution in [0.4, 0.5) is 5.69 Å².